The molecule has 0 radical (unpaired) electrons. The zero-order valence-electron chi connectivity index (χ0n) is 14.6. The van der Waals surface area contributed by atoms with E-state index < -0.39 is 17.9 Å². The van der Waals surface area contributed by atoms with Crippen LogP contribution in [-0.2, 0) is 20.9 Å². The van der Waals surface area contributed by atoms with E-state index in [-0.39, 0.29) is 18.9 Å². The van der Waals surface area contributed by atoms with Gasteiger partial charge in [-0.05, 0) is 23.8 Å². The number of hydrogen-bond donors (Lipinski definition) is 2. The van der Waals surface area contributed by atoms with Gasteiger partial charge in [-0.25, -0.2) is 4.39 Å². The quantitative estimate of drug-likeness (QED) is 0.740. The summed E-state index contributed by atoms with van der Waals surface area (Å²) in [6, 6.07) is 12.9. The van der Waals surface area contributed by atoms with Crippen LogP contribution in [0.2, 0.25) is 0 Å². The number of benzene rings is 2. The van der Waals surface area contributed by atoms with Crippen molar-refractivity contribution in [3.8, 4) is 5.75 Å². The number of nitrogens with one attached hydrogen (secondary N) is 2. The normalized spacial score (nSPS) is 11.5. The first-order valence-electron chi connectivity index (χ1n) is 8.01. The Morgan fingerprint density at radius 3 is 2.31 bits per heavy atom. The average molecular weight is 360 g/mol. The molecule has 0 aliphatic heterocycles. The van der Waals surface area contributed by atoms with Gasteiger partial charge in [0.2, 0.25) is 0 Å². The Hall–Kier alpha value is -2.93. The zero-order chi connectivity index (χ0) is 18.9. The lowest BCUT2D eigenvalue weighted by Gasteiger charge is -2.18. The monoisotopic (exact) mass is 360 g/mol. The molecule has 26 heavy (non-hydrogen) atoms. The molecule has 138 valence electrons. The Bertz CT molecular complexity index is 749. The Morgan fingerprint density at radius 1 is 1.00 bits per heavy atom. The Morgan fingerprint density at radius 2 is 1.65 bits per heavy atom. The van der Waals surface area contributed by atoms with Crippen LogP contribution in [0.1, 0.15) is 17.2 Å². The number of ether oxygens (including phenoxy) is 2. The molecule has 0 heterocycles. The smallest absolute Gasteiger partial charge is 0.309 e. The fourth-order valence-electron chi connectivity index (χ4n) is 2.38. The van der Waals surface area contributed by atoms with Crippen LogP contribution in [-0.4, -0.2) is 32.6 Å². The Kier molecular flexibility index (Phi) is 7.11. The predicted molar refractivity (Wildman–Crippen MR) is 94.0 cm³/mol. The Balaban J connectivity index is 1.87. The molecule has 0 fully saturated rings. The van der Waals surface area contributed by atoms with Gasteiger partial charge in [0.15, 0.2) is 0 Å². The fourth-order valence-corrected chi connectivity index (χ4v) is 2.38. The highest BCUT2D eigenvalue weighted by atomic mass is 19.1. The first-order valence-corrected chi connectivity index (χ1v) is 8.01. The molecule has 6 nitrogen and oxygen atoms in total. The van der Waals surface area contributed by atoms with Crippen LogP contribution in [0.25, 0.3) is 0 Å². The van der Waals surface area contributed by atoms with Crippen molar-refractivity contribution in [3.05, 3.63) is 65.5 Å². The van der Waals surface area contributed by atoms with E-state index in [2.05, 4.69) is 10.6 Å². The standard InChI is InChI=1S/C19H21FN2O4/c1-25-16-6-4-3-5-15(16)17(26-2)12-22-19(24)18(23)21-11-13-7-9-14(20)10-8-13/h3-10,17H,11-12H2,1-2H3,(H,21,23)(H,22,24)/t17-/m0/s1. The summed E-state index contributed by atoms with van der Waals surface area (Å²) < 4.78 is 23.5. The summed E-state index contributed by atoms with van der Waals surface area (Å²) in [5.74, 6) is -1.28. The lowest BCUT2D eigenvalue weighted by Crippen LogP contribution is -2.41. The molecule has 2 N–H and O–H groups in total. The summed E-state index contributed by atoms with van der Waals surface area (Å²) in [5.41, 5.74) is 1.46. The SMILES string of the molecule is COc1ccccc1[C@H](CNC(=O)C(=O)NCc1ccc(F)cc1)OC. The van der Waals surface area contributed by atoms with Gasteiger partial charge in [0.1, 0.15) is 17.7 Å². The highest BCUT2D eigenvalue weighted by Gasteiger charge is 2.19. The summed E-state index contributed by atoms with van der Waals surface area (Å²) in [7, 11) is 3.06. The van der Waals surface area contributed by atoms with E-state index >= 15 is 0 Å². The molecule has 0 saturated carbocycles. The van der Waals surface area contributed by atoms with E-state index in [1.165, 1.54) is 31.4 Å². The first-order chi connectivity index (χ1) is 12.5. The van der Waals surface area contributed by atoms with Crippen molar-refractivity contribution >= 4 is 11.8 Å². The van der Waals surface area contributed by atoms with Crippen LogP contribution in [0.5, 0.6) is 5.75 Å². The maximum Gasteiger partial charge on any atom is 0.309 e. The number of halogens is 1. The van der Waals surface area contributed by atoms with Gasteiger partial charge in [-0.15, -0.1) is 0 Å². The predicted octanol–water partition coefficient (Wildman–Crippen LogP) is 1.95. The first kappa shape index (κ1) is 19.4. The van der Waals surface area contributed by atoms with E-state index in [1.807, 2.05) is 18.2 Å². The lowest BCUT2D eigenvalue weighted by atomic mass is 10.1. The van der Waals surface area contributed by atoms with Crippen LogP contribution in [0, 0.1) is 5.82 Å². The topological polar surface area (TPSA) is 76.7 Å². The molecule has 2 aromatic carbocycles. The zero-order valence-corrected chi connectivity index (χ0v) is 14.6. The Labute approximate surface area is 151 Å². The van der Waals surface area contributed by atoms with Crippen molar-refractivity contribution in [2.24, 2.45) is 0 Å². The van der Waals surface area contributed by atoms with Crippen LogP contribution >= 0.6 is 0 Å². The third-order valence-corrected chi connectivity index (χ3v) is 3.79. The molecule has 0 unspecified atom stereocenters. The second-order valence-electron chi connectivity index (χ2n) is 5.49. The van der Waals surface area contributed by atoms with Crippen LogP contribution in [0.15, 0.2) is 48.5 Å². The maximum atomic E-state index is 12.8. The molecule has 0 aliphatic carbocycles. The molecule has 1 atom stereocenters. The van der Waals surface area contributed by atoms with Gasteiger partial charge in [0, 0.05) is 25.8 Å². The number of amides is 2. The molecule has 0 aliphatic rings. The van der Waals surface area contributed by atoms with Crippen molar-refractivity contribution < 1.29 is 23.5 Å². The number of rotatable bonds is 7. The molecule has 0 spiro atoms. The lowest BCUT2D eigenvalue weighted by molar-refractivity contribution is -0.139. The van der Waals surface area contributed by atoms with E-state index in [0.29, 0.717) is 11.3 Å². The van der Waals surface area contributed by atoms with E-state index in [9.17, 15) is 14.0 Å². The molecular weight excluding hydrogens is 339 g/mol. The van der Waals surface area contributed by atoms with E-state index in [1.54, 1.807) is 13.2 Å². The minimum atomic E-state index is -0.774. The minimum Gasteiger partial charge on any atom is -0.496 e. The molecule has 0 aromatic heterocycles. The van der Waals surface area contributed by atoms with Crippen LogP contribution in [0.3, 0.4) is 0 Å². The van der Waals surface area contributed by atoms with Gasteiger partial charge in [0.05, 0.1) is 7.11 Å². The summed E-state index contributed by atoms with van der Waals surface area (Å²) >= 11 is 0. The number of carbonyl (C=O) groups excluding carboxylic acids is 2. The van der Waals surface area contributed by atoms with Crippen molar-refractivity contribution in [3.63, 3.8) is 0 Å². The van der Waals surface area contributed by atoms with Crippen LogP contribution < -0.4 is 15.4 Å². The third kappa shape index (κ3) is 5.29. The number of carbonyl (C=O) groups is 2. The summed E-state index contributed by atoms with van der Waals surface area (Å²) in [6.07, 6.45) is -0.458. The van der Waals surface area contributed by atoms with E-state index in [4.69, 9.17) is 9.47 Å². The summed E-state index contributed by atoms with van der Waals surface area (Å²) in [6.45, 7) is 0.242. The fraction of sp³-hybridized carbons (Fsp3) is 0.263. The van der Waals surface area contributed by atoms with Gasteiger partial charge in [0.25, 0.3) is 0 Å². The third-order valence-electron chi connectivity index (χ3n) is 3.79. The summed E-state index contributed by atoms with van der Waals surface area (Å²) in [4.78, 5) is 23.8. The van der Waals surface area contributed by atoms with E-state index in [0.717, 1.165) is 5.56 Å². The molecule has 7 heteroatoms. The largest absolute Gasteiger partial charge is 0.496 e. The van der Waals surface area contributed by atoms with Crippen molar-refractivity contribution in [1.82, 2.24) is 10.6 Å². The molecule has 2 aromatic rings. The van der Waals surface area contributed by atoms with Gasteiger partial charge in [-0.3, -0.25) is 9.59 Å². The molecular formula is C19H21FN2O4. The second kappa shape index (κ2) is 9.53. The molecule has 0 saturated heterocycles. The van der Waals surface area contributed by atoms with Gasteiger partial charge in [-0.1, -0.05) is 30.3 Å². The van der Waals surface area contributed by atoms with Crippen molar-refractivity contribution in [2.75, 3.05) is 20.8 Å². The van der Waals surface area contributed by atoms with Crippen LogP contribution in [0.4, 0.5) is 4.39 Å². The van der Waals surface area contributed by atoms with Gasteiger partial charge in [-0.2, -0.15) is 0 Å². The van der Waals surface area contributed by atoms with Crippen molar-refractivity contribution in [2.45, 2.75) is 12.6 Å². The highest BCUT2D eigenvalue weighted by Crippen LogP contribution is 2.26. The number of methoxy groups -OCH3 is 2. The average Bonchev–Trinajstić information content (AvgIpc) is 2.67. The molecule has 2 amide bonds. The number of hydrogen-bond acceptors (Lipinski definition) is 4. The second-order valence-corrected chi connectivity index (χ2v) is 5.49. The highest BCUT2D eigenvalue weighted by molar-refractivity contribution is 6.35. The maximum absolute atomic E-state index is 12.8. The molecule has 0 bridgehead atoms. The van der Waals surface area contributed by atoms with Crippen molar-refractivity contribution in [1.29, 1.82) is 0 Å². The summed E-state index contributed by atoms with van der Waals surface area (Å²) in [5, 5.41) is 5.02. The minimum absolute atomic E-state index is 0.111. The van der Waals surface area contributed by atoms with Gasteiger partial charge >= 0.3 is 11.8 Å². The number of para-hydroxylation sites is 1. The van der Waals surface area contributed by atoms with Gasteiger partial charge < -0.3 is 20.1 Å². The molecule has 2 rings (SSSR count).